The van der Waals surface area contributed by atoms with E-state index in [1.54, 1.807) is 38.1 Å². The summed E-state index contributed by atoms with van der Waals surface area (Å²) in [5.41, 5.74) is 6.84. The van der Waals surface area contributed by atoms with Crippen LogP contribution in [0.5, 0.6) is 5.75 Å². The number of nitrogens with two attached hydrogens (primary N) is 1. The van der Waals surface area contributed by atoms with Crippen molar-refractivity contribution in [3.8, 4) is 5.75 Å². The molecule has 1 fully saturated rings. The van der Waals surface area contributed by atoms with Crippen LogP contribution >= 0.6 is 11.3 Å². The quantitative estimate of drug-likeness (QED) is 0.380. The van der Waals surface area contributed by atoms with E-state index in [1.165, 1.54) is 29.4 Å². The molecule has 0 aliphatic carbocycles. The highest BCUT2D eigenvalue weighted by atomic mass is 32.1. The number of methoxy groups -OCH3 is 1. The van der Waals surface area contributed by atoms with Gasteiger partial charge >= 0.3 is 6.03 Å². The number of hydrogen-bond donors (Lipinski definition) is 4. The van der Waals surface area contributed by atoms with Crippen molar-refractivity contribution in [2.24, 2.45) is 5.73 Å². The van der Waals surface area contributed by atoms with Crippen molar-refractivity contribution in [2.45, 2.75) is 44.8 Å². The van der Waals surface area contributed by atoms with Crippen molar-refractivity contribution in [3.63, 3.8) is 0 Å². The first kappa shape index (κ1) is 26.7. The number of carbonyl (C=O) groups excluding carboxylic acids is 4. The van der Waals surface area contributed by atoms with Gasteiger partial charge in [0, 0.05) is 35.7 Å². The van der Waals surface area contributed by atoms with Crippen LogP contribution in [0.15, 0.2) is 53.4 Å². The van der Waals surface area contributed by atoms with Crippen molar-refractivity contribution < 1.29 is 23.9 Å². The van der Waals surface area contributed by atoms with Crippen LogP contribution in [0.1, 0.15) is 25.1 Å². The van der Waals surface area contributed by atoms with Crippen molar-refractivity contribution in [1.82, 2.24) is 15.5 Å². The van der Waals surface area contributed by atoms with Gasteiger partial charge in [-0.15, -0.1) is 11.3 Å². The molecule has 5 amide bonds. The van der Waals surface area contributed by atoms with Gasteiger partial charge in [0.05, 0.1) is 13.2 Å². The number of likely N-dealkylation sites (tertiary alicyclic amines) is 1. The first-order chi connectivity index (χ1) is 17.2. The summed E-state index contributed by atoms with van der Waals surface area (Å²) in [5.74, 6) is -1.01. The Kier molecular flexibility index (Phi) is 9.07. The number of anilines is 1. The van der Waals surface area contributed by atoms with Gasteiger partial charge in [0.15, 0.2) is 0 Å². The highest BCUT2D eigenvalue weighted by Crippen LogP contribution is 2.22. The van der Waals surface area contributed by atoms with Gasteiger partial charge < -0.3 is 31.3 Å². The van der Waals surface area contributed by atoms with Gasteiger partial charge in [-0.05, 0) is 43.8 Å². The summed E-state index contributed by atoms with van der Waals surface area (Å²) >= 11 is 1.45. The van der Waals surface area contributed by atoms with Crippen molar-refractivity contribution >= 4 is 40.8 Å². The Balaban J connectivity index is 1.77. The Morgan fingerprint density at radius 1 is 1.22 bits per heavy atom. The predicted molar refractivity (Wildman–Crippen MR) is 138 cm³/mol. The number of nitrogens with one attached hydrogen (secondary N) is 3. The van der Waals surface area contributed by atoms with E-state index in [-0.39, 0.29) is 18.9 Å². The maximum Gasteiger partial charge on any atom is 0.319 e. The fourth-order valence-electron chi connectivity index (χ4n) is 3.99. The number of thiophene rings is 1. The van der Waals surface area contributed by atoms with Gasteiger partial charge in [-0.25, -0.2) is 4.79 Å². The summed E-state index contributed by atoms with van der Waals surface area (Å²) in [6, 6.07) is 7.35. The van der Waals surface area contributed by atoms with E-state index in [4.69, 9.17) is 10.5 Å². The Bertz CT molecular complexity index is 1130. The summed E-state index contributed by atoms with van der Waals surface area (Å²) < 4.78 is 5.17. The molecule has 1 aliphatic rings. The molecule has 36 heavy (non-hydrogen) atoms. The number of nitrogens with zero attached hydrogens (tertiary/aromatic N) is 1. The topological polar surface area (TPSA) is 143 Å². The SMILES string of the molecule is COc1cccc(NC(=O)NC2CCN(C(=O)C=C(C)C)C2C(=O)NC(Cc2cccs2)C(N)=O)c1. The summed E-state index contributed by atoms with van der Waals surface area (Å²) in [7, 11) is 1.52. The Labute approximate surface area is 213 Å². The summed E-state index contributed by atoms with van der Waals surface area (Å²) in [4.78, 5) is 53.4. The second-order valence-corrected chi connectivity index (χ2v) is 9.70. The molecule has 3 atom stereocenters. The van der Waals surface area contributed by atoms with E-state index in [2.05, 4.69) is 16.0 Å². The summed E-state index contributed by atoms with van der Waals surface area (Å²) in [6.45, 7) is 3.83. The van der Waals surface area contributed by atoms with Crippen LogP contribution in [0.3, 0.4) is 0 Å². The molecule has 0 bridgehead atoms. The molecule has 192 valence electrons. The molecule has 10 nitrogen and oxygen atoms in total. The number of allylic oxidation sites excluding steroid dienone is 1. The lowest BCUT2D eigenvalue weighted by Gasteiger charge is -2.28. The predicted octanol–water partition coefficient (Wildman–Crippen LogP) is 2.03. The zero-order chi connectivity index (χ0) is 26.2. The lowest BCUT2D eigenvalue weighted by atomic mass is 10.1. The van der Waals surface area contributed by atoms with E-state index in [1.807, 2.05) is 17.5 Å². The van der Waals surface area contributed by atoms with Gasteiger partial charge in [0.2, 0.25) is 17.7 Å². The van der Waals surface area contributed by atoms with E-state index < -0.39 is 36.0 Å². The highest BCUT2D eigenvalue weighted by molar-refractivity contribution is 7.09. The first-order valence-corrected chi connectivity index (χ1v) is 12.3. The Morgan fingerprint density at radius 3 is 2.64 bits per heavy atom. The minimum Gasteiger partial charge on any atom is -0.497 e. The lowest BCUT2D eigenvalue weighted by molar-refractivity contribution is -0.136. The van der Waals surface area contributed by atoms with Crippen LogP contribution in [0.25, 0.3) is 0 Å². The Morgan fingerprint density at radius 2 is 2.00 bits per heavy atom. The van der Waals surface area contributed by atoms with E-state index in [0.717, 1.165) is 10.5 Å². The zero-order valence-corrected chi connectivity index (χ0v) is 21.3. The van der Waals surface area contributed by atoms with E-state index >= 15 is 0 Å². The molecule has 0 spiro atoms. The van der Waals surface area contributed by atoms with Crippen LogP contribution in [-0.2, 0) is 20.8 Å². The monoisotopic (exact) mass is 513 g/mol. The molecule has 2 heterocycles. The van der Waals surface area contributed by atoms with E-state index in [9.17, 15) is 19.2 Å². The van der Waals surface area contributed by atoms with Gasteiger partial charge in [-0.2, -0.15) is 0 Å². The molecule has 0 radical (unpaired) electrons. The van der Waals surface area contributed by atoms with Crippen LogP contribution in [0.2, 0.25) is 0 Å². The third-order valence-corrected chi connectivity index (χ3v) is 6.55. The van der Waals surface area contributed by atoms with Gasteiger partial charge in [-0.3, -0.25) is 14.4 Å². The molecule has 0 saturated carbocycles. The van der Waals surface area contributed by atoms with Crippen molar-refractivity contribution in [2.75, 3.05) is 19.0 Å². The third-order valence-electron chi connectivity index (χ3n) is 5.65. The second kappa shape index (κ2) is 12.2. The molecule has 11 heteroatoms. The van der Waals surface area contributed by atoms with Gasteiger partial charge in [0.1, 0.15) is 17.8 Å². The van der Waals surface area contributed by atoms with Crippen LogP contribution in [0.4, 0.5) is 10.5 Å². The average molecular weight is 514 g/mol. The van der Waals surface area contributed by atoms with Crippen molar-refractivity contribution in [1.29, 1.82) is 0 Å². The minimum atomic E-state index is -1.02. The van der Waals surface area contributed by atoms with E-state index in [0.29, 0.717) is 17.9 Å². The molecule has 5 N–H and O–H groups in total. The largest absolute Gasteiger partial charge is 0.497 e. The molecule has 3 unspecified atom stereocenters. The molecule has 1 aromatic heterocycles. The minimum absolute atomic E-state index is 0.238. The number of ether oxygens (including phenoxy) is 1. The lowest BCUT2D eigenvalue weighted by Crippen LogP contribution is -2.58. The number of primary amides is 1. The second-order valence-electron chi connectivity index (χ2n) is 8.67. The molecule has 1 aliphatic heterocycles. The number of carbonyl (C=O) groups is 4. The number of hydrogen-bond acceptors (Lipinski definition) is 6. The maximum absolute atomic E-state index is 13.4. The number of rotatable bonds is 9. The Hall–Kier alpha value is -3.86. The number of urea groups is 1. The molecule has 3 rings (SSSR count). The van der Waals surface area contributed by atoms with Crippen molar-refractivity contribution in [3.05, 3.63) is 58.3 Å². The summed E-state index contributed by atoms with van der Waals surface area (Å²) in [6.07, 6.45) is 2.04. The fourth-order valence-corrected chi connectivity index (χ4v) is 4.74. The first-order valence-electron chi connectivity index (χ1n) is 11.5. The zero-order valence-electron chi connectivity index (χ0n) is 20.4. The van der Waals surface area contributed by atoms with Crippen LogP contribution in [-0.4, -0.2) is 60.4 Å². The normalized spacial score (nSPS) is 17.6. The smallest absolute Gasteiger partial charge is 0.319 e. The average Bonchev–Trinajstić information content (AvgIpc) is 3.48. The standard InChI is InChI=1S/C25H31N5O5S/c1-15(2)12-21(31)30-10-9-19(29-25(34)27-16-6-4-7-17(13-16)35-3)22(30)24(33)28-20(23(26)32)14-18-8-5-11-36-18/h4-8,11-13,19-20,22H,9-10,14H2,1-3H3,(H2,26,32)(H,28,33)(H2,27,29,34). The van der Waals surface area contributed by atoms with Gasteiger partial charge in [0.25, 0.3) is 0 Å². The van der Waals surface area contributed by atoms with Crippen LogP contribution in [0, 0.1) is 0 Å². The number of amides is 5. The molecular formula is C25H31N5O5S. The summed E-state index contributed by atoms with van der Waals surface area (Å²) in [5, 5.41) is 10.1. The van der Waals surface area contributed by atoms with Crippen LogP contribution < -0.4 is 26.4 Å². The molecule has 1 saturated heterocycles. The highest BCUT2D eigenvalue weighted by Gasteiger charge is 2.43. The molecular weight excluding hydrogens is 482 g/mol. The molecule has 1 aromatic carbocycles. The third kappa shape index (κ3) is 7.08. The fraction of sp³-hybridized carbons (Fsp3) is 0.360. The van der Waals surface area contributed by atoms with Gasteiger partial charge in [-0.1, -0.05) is 17.7 Å². The number of benzene rings is 1. The maximum atomic E-state index is 13.4. The molecule has 2 aromatic rings.